The molecule has 0 saturated carbocycles. The topological polar surface area (TPSA) is 30.7 Å². The number of thiophene rings is 2. The predicted molar refractivity (Wildman–Crippen MR) is 218 cm³/mol. The Hall–Kier alpha value is -6.14. The van der Waals surface area contributed by atoms with Crippen molar-refractivity contribution in [2.75, 3.05) is 0 Å². The summed E-state index contributed by atoms with van der Waals surface area (Å²) in [7, 11) is 0. The quantitative estimate of drug-likeness (QED) is 0.185. The van der Waals surface area contributed by atoms with Gasteiger partial charge in [0.05, 0.1) is 22.4 Å². The Bertz CT molecular complexity index is 3080. The first-order valence-electron chi connectivity index (χ1n) is 17.1. The highest BCUT2D eigenvalue weighted by Gasteiger charge is 2.21. The zero-order valence-corrected chi connectivity index (χ0v) is 28.9. The second-order valence-corrected chi connectivity index (χ2v) is 15.1. The zero-order valence-electron chi connectivity index (χ0n) is 27.2. The number of hydrogen-bond acceptors (Lipinski definition) is 4. The molecule has 0 aliphatic rings. The summed E-state index contributed by atoms with van der Waals surface area (Å²) in [5.74, 6) is 0.718. The molecule has 3 nitrogen and oxygen atoms in total. The van der Waals surface area contributed by atoms with Gasteiger partial charge in [-0.2, -0.15) is 0 Å². The van der Waals surface area contributed by atoms with Gasteiger partial charge in [0.25, 0.3) is 0 Å². The van der Waals surface area contributed by atoms with E-state index in [1.165, 1.54) is 62.2 Å². The first kappa shape index (κ1) is 28.7. The maximum Gasteiger partial charge on any atom is 0.160 e. The molecule has 0 fully saturated rings. The first-order valence-corrected chi connectivity index (χ1v) is 18.7. The summed E-state index contributed by atoms with van der Waals surface area (Å²) < 4.78 is 7.60. The Balaban J connectivity index is 1.25. The van der Waals surface area contributed by atoms with E-state index < -0.39 is 0 Å². The van der Waals surface area contributed by atoms with Crippen molar-refractivity contribution in [2.45, 2.75) is 0 Å². The molecule has 0 aliphatic carbocycles. The number of fused-ring (bicyclic) bond motifs is 10. The van der Waals surface area contributed by atoms with Crippen LogP contribution < -0.4 is 0 Å². The largest absolute Gasteiger partial charge is 0.309 e. The van der Waals surface area contributed by atoms with Crippen LogP contribution >= 0.6 is 22.7 Å². The molecular weight excluding hydrogens is 659 g/mol. The summed E-state index contributed by atoms with van der Waals surface area (Å²) in [5.41, 5.74) is 8.50. The van der Waals surface area contributed by atoms with Crippen LogP contribution in [-0.4, -0.2) is 14.5 Å². The van der Waals surface area contributed by atoms with E-state index in [0.29, 0.717) is 0 Å². The number of para-hydroxylation sites is 1. The van der Waals surface area contributed by atoms with E-state index >= 15 is 0 Å². The van der Waals surface area contributed by atoms with Crippen molar-refractivity contribution >= 4 is 84.8 Å². The lowest BCUT2D eigenvalue weighted by Crippen LogP contribution is -1.98. The van der Waals surface area contributed by atoms with Gasteiger partial charge >= 0.3 is 0 Å². The number of aromatic nitrogens is 3. The van der Waals surface area contributed by atoms with Crippen LogP contribution in [0.3, 0.4) is 0 Å². The van der Waals surface area contributed by atoms with Crippen LogP contribution in [0.4, 0.5) is 0 Å². The standard InChI is InChI=1S/C46H27N3S2/c1-3-13-28(14-4-1)37-27-38(48-46(47-37)29-15-5-2-6-16-29)36-26-30(25-35-32-18-9-12-22-42(32)50-44(35)36)49-39-20-10-7-19-34(39)43-40(49)24-23-33-31-17-8-11-21-41(31)51-45(33)43/h1-27H. The van der Waals surface area contributed by atoms with Crippen LogP contribution in [0.2, 0.25) is 0 Å². The van der Waals surface area contributed by atoms with E-state index in [4.69, 9.17) is 9.97 Å². The van der Waals surface area contributed by atoms with Crippen LogP contribution in [-0.2, 0) is 0 Å². The zero-order chi connectivity index (χ0) is 33.5. The molecule has 7 aromatic carbocycles. The Morgan fingerprint density at radius 2 is 1.02 bits per heavy atom. The molecular formula is C46H27N3S2. The molecule has 11 aromatic rings. The summed E-state index contributed by atoms with van der Waals surface area (Å²) in [5, 5.41) is 7.69. The molecule has 0 radical (unpaired) electrons. The molecule has 0 spiro atoms. The molecule has 4 heterocycles. The molecule has 4 aromatic heterocycles. The third kappa shape index (κ3) is 4.42. The first-order chi connectivity index (χ1) is 25.3. The van der Waals surface area contributed by atoms with E-state index in [2.05, 4.69) is 144 Å². The van der Waals surface area contributed by atoms with Gasteiger partial charge in [-0.05, 0) is 42.5 Å². The Morgan fingerprint density at radius 3 is 1.78 bits per heavy atom. The fraction of sp³-hybridized carbons (Fsp3) is 0. The monoisotopic (exact) mass is 685 g/mol. The average molecular weight is 686 g/mol. The Labute approximate surface area is 301 Å². The van der Waals surface area contributed by atoms with E-state index in [-0.39, 0.29) is 0 Å². The van der Waals surface area contributed by atoms with E-state index in [9.17, 15) is 0 Å². The Kier molecular flexibility index (Phi) is 6.29. The molecule has 0 atom stereocenters. The fourth-order valence-corrected chi connectivity index (χ4v) is 10.2. The molecule has 0 unspecified atom stereocenters. The SMILES string of the molecule is c1ccc(-c2cc(-c3cc(-n4c5ccccc5c5c6sc7ccccc7c6ccc54)cc4c3sc3ccccc34)nc(-c3ccccc3)n2)cc1. The molecule has 0 saturated heterocycles. The van der Waals surface area contributed by atoms with Crippen molar-refractivity contribution in [1.82, 2.24) is 14.5 Å². The molecule has 5 heteroatoms. The molecule has 0 bridgehead atoms. The van der Waals surface area contributed by atoms with Crippen LogP contribution in [0.15, 0.2) is 164 Å². The van der Waals surface area contributed by atoms with Gasteiger partial charge in [-0.15, -0.1) is 22.7 Å². The third-order valence-electron chi connectivity index (χ3n) is 10.0. The highest BCUT2D eigenvalue weighted by Crippen LogP contribution is 2.46. The van der Waals surface area contributed by atoms with Gasteiger partial charge in [0.1, 0.15) is 0 Å². The maximum atomic E-state index is 5.32. The Morgan fingerprint density at radius 1 is 0.412 bits per heavy atom. The van der Waals surface area contributed by atoms with Gasteiger partial charge in [0.15, 0.2) is 5.82 Å². The van der Waals surface area contributed by atoms with Crippen molar-refractivity contribution < 1.29 is 0 Å². The summed E-state index contributed by atoms with van der Waals surface area (Å²) in [6, 6.07) is 58.7. The van der Waals surface area contributed by atoms with E-state index in [1.54, 1.807) is 0 Å². The number of benzene rings is 7. The lowest BCUT2D eigenvalue weighted by atomic mass is 10.0. The number of rotatable bonds is 4. The molecule has 238 valence electrons. The minimum absolute atomic E-state index is 0.718. The molecule has 51 heavy (non-hydrogen) atoms. The normalized spacial score (nSPS) is 11.9. The van der Waals surface area contributed by atoms with E-state index in [1.807, 2.05) is 46.9 Å². The van der Waals surface area contributed by atoms with Gasteiger partial charge in [-0.1, -0.05) is 121 Å². The predicted octanol–water partition coefficient (Wildman–Crippen LogP) is 13.3. The van der Waals surface area contributed by atoms with Gasteiger partial charge in [-0.3, -0.25) is 0 Å². The minimum atomic E-state index is 0.718. The molecule has 0 amide bonds. The lowest BCUT2D eigenvalue weighted by molar-refractivity contribution is 1.17. The molecule has 0 N–H and O–H groups in total. The van der Waals surface area contributed by atoms with Gasteiger partial charge in [0.2, 0.25) is 0 Å². The summed E-state index contributed by atoms with van der Waals surface area (Å²) in [4.78, 5) is 10.4. The van der Waals surface area contributed by atoms with Crippen molar-refractivity contribution in [3.05, 3.63) is 164 Å². The lowest BCUT2D eigenvalue weighted by Gasteiger charge is -2.14. The minimum Gasteiger partial charge on any atom is -0.309 e. The molecule has 11 rings (SSSR count). The highest BCUT2D eigenvalue weighted by molar-refractivity contribution is 7.27. The summed E-state index contributed by atoms with van der Waals surface area (Å²) in [6.07, 6.45) is 0. The van der Waals surface area contributed by atoms with Crippen LogP contribution in [0.1, 0.15) is 0 Å². The van der Waals surface area contributed by atoms with Crippen LogP contribution in [0.5, 0.6) is 0 Å². The summed E-state index contributed by atoms with van der Waals surface area (Å²) in [6.45, 7) is 0. The highest BCUT2D eigenvalue weighted by atomic mass is 32.1. The fourth-order valence-electron chi connectivity index (χ4n) is 7.70. The van der Waals surface area contributed by atoms with E-state index in [0.717, 1.165) is 39.6 Å². The number of hydrogen-bond donors (Lipinski definition) is 0. The summed E-state index contributed by atoms with van der Waals surface area (Å²) >= 11 is 3.73. The third-order valence-corrected chi connectivity index (χ3v) is 12.4. The second kappa shape index (κ2) is 11.2. The van der Waals surface area contributed by atoms with Crippen molar-refractivity contribution in [1.29, 1.82) is 0 Å². The van der Waals surface area contributed by atoms with Crippen molar-refractivity contribution in [3.8, 4) is 39.6 Å². The van der Waals surface area contributed by atoms with Gasteiger partial charge < -0.3 is 4.57 Å². The van der Waals surface area contributed by atoms with Gasteiger partial charge in [0, 0.05) is 73.5 Å². The van der Waals surface area contributed by atoms with Gasteiger partial charge in [-0.25, -0.2) is 9.97 Å². The van der Waals surface area contributed by atoms with Crippen LogP contribution in [0.25, 0.3) is 102 Å². The number of nitrogens with zero attached hydrogens (tertiary/aromatic N) is 3. The van der Waals surface area contributed by atoms with Crippen molar-refractivity contribution in [3.63, 3.8) is 0 Å². The van der Waals surface area contributed by atoms with Crippen molar-refractivity contribution in [2.24, 2.45) is 0 Å². The smallest absolute Gasteiger partial charge is 0.160 e. The second-order valence-electron chi connectivity index (χ2n) is 12.9. The molecule has 0 aliphatic heterocycles. The maximum absolute atomic E-state index is 5.32. The van der Waals surface area contributed by atoms with Crippen LogP contribution in [0, 0.1) is 0 Å². The average Bonchev–Trinajstić information content (AvgIpc) is 3.87.